The van der Waals surface area contributed by atoms with Gasteiger partial charge < -0.3 is 19.9 Å². The molecule has 154 valence electrons. The summed E-state index contributed by atoms with van der Waals surface area (Å²) in [6, 6.07) is 11.1. The molecule has 30 heavy (non-hydrogen) atoms. The van der Waals surface area contributed by atoms with E-state index in [0.29, 0.717) is 36.0 Å². The van der Waals surface area contributed by atoms with Crippen LogP contribution in [0, 0.1) is 6.92 Å². The zero-order valence-electron chi connectivity index (χ0n) is 16.6. The first-order valence-corrected chi connectivity index (χ1v) is 10.5. The van der Waals surface area contributed by atoms with Gasteiger partial charge in [-0.25, -0.2) is 0 Å². The minimum atomic E-state index is -0.206. The Hall–Kier alpha value is -2.99. The second-order valence-corrected chi connectivity index (χ2v) is 8.40. The summed E-state index contributed by atoms with van der Waals surface area (Å²) in [5.41, 5.74) is 4.70. The second-order valence-electron chi connectivity index (χ2n) is 7.97. The van der Waals surface area contributed by atoms with E-state index < -0.39 is 0 Å². The molecular weight excluding hydrogens is 402 g/mol. The number of aromatic nitrogens is 1. The average Bonchev–Trinajstić information content (AvgIpc) is 3.07. The van der Waals surface area contributed by atoms with Crippen LogP contribution in [0.2, 0.25) is 5.02 Å². The van der Waals surface area contributed by atoms with Gasteiger partial charge in [0.1, 0.15) is 5.75 Å². The molecule has 0 bridgehead atoms. The monoisotopic (exact) mass is 423 g/mol. The van der Waals surface area contributed by atoms with Gasteiger partial charge in [-0.15, -0.1) is 0 Å². The fourth-order valence-electron chi connectivity index (χ4n) is 4.62. The fraction of sp³-hybridized carbons (Fsp3) is 0.304. The Morgan fingerprint density at radius 2 is 1.97 bits per heavy atom. The highest BCUT2D eigenvalue weighted by Crippen LogP contribution is 2.37. The molecule has 0 spiro atoms. The molecule has 1 aromatic heterocycles. The standard InChI is InChI=1S/C23H22ClN3O3/c1-13-22(17-11-16(24)3-4-18(17)25-13)14-6-8-27(9-7-14)23(29)15-2-5-20-19(10-15)26-21(28)12-30-20/h2-5,10-11,14,25H,6-9,12H2,1H3,(H,26,28). The van der Waals surface area contributed by atoms with Crippen LogP contribution in [-0.4, -0.2) is 41.4 Å². The molecule has 2 aliphatic heterocycles. The highest BCUT2D eigenvalue weighted by atomic mass is 35.5. The zero-order valence-corrected chi connectivity index (χ0v) is 17.4. The van der Waals surface area contributed by atoms with Crippen molar-refractivity contribution in [2.75, 3.05) is 25.0 Å². The van der Waals surface area contributed by atoms with Crippen molar-refractivity contribution in [3.63, 3.8) is 0 Å². The van der Waals surface area contributed by atoms with Gasteiger partial charge in [-0.1, -0.05) is 11.6 Å². The van der Waals surface area contributed by atoms with Crippen molar-refractivity contribution in [1.82, 2.24) is 9.88 Å². The van der Waals surface area contributed by atoms with Crippen LogP contribution in [0.5, 0.6) is 5.75 Å². The lowest BCUT2D eigenvalue weighted by molar-refractivity contribution is -0.118. The fourth-order valence-corrected chi connectivity index (χ4v) is 4.79. The highest BCUT2D eigenvalue weighted by Gasteiger charge is 2.28. The first-order valence-electron chi connectivity index (χ1n) is 10.1. The van der Waals surface area contributed by atoms with E-state index in [9.17, 15) is 9.59 Å². The normalized spacial score (nSPS) is 16.9. The van der Waals surface area contributed by atoms with Crippen molar-refractivity contribution < 1.29 is 14.3 Å². The quantitative estimate of drug-likeness (QED) is 0.638. The molecule has 2 aromatic carbocycles. The van der Waals surface area contributed by atoms with Crippen LogP contribution in [0.25, 0.3) is 10.9 Å². The van der Waals surface area contributed by atoms with Gasteiger partial charge in [-0.3, -0.25) is 9.59 Å². The molecule has 3 heterocycles. The van der Waals surface area contributed by atoms with E-state index in [1.54, 1.807) is 18.2 Å². The van der Waals surface area contributed by atoms with Crippen molar-refractivity contribution in [2.45, 2.75) is 25.7 Å². The number of H-pyrrole nitrogens is 1. The lowest BCUT2D eigenvalue weighted by Crippen LogP contribution is -2.38. The number of carbonyl (C=O) groups excluding carboxylic acids is 2. The molecule has 5 rings (SSSR count). The van der Waals surface area contributed by atoms with Gasteiger partial charge in [0, 0.05) is 40.3 Å². The number of carbonyl (C=O) groups is 2. The number of hydrogen-bond acceptors (Lipinski definition) is 3. The summed E-state index contributed by atoms with van der Waals surface area (Å²) in [7, 11) is 0. The van der Waals surface area contributed by atoms with E-state index >= 15 is 0 Å². The lowest BCUT2D eigenvalue weighted by Gasteiger charge is -2.32. The molecule has 1 saturated heterocycles. The van der Waals surface area contributed by atoms with Crippen LogP contribution in [0.15, 0.2) is 36.4 Å². The Kier molecular flexibility index (Phi) is 4.66. The van der Waals surface area contributed by atoms with Crippen LogP contribution in [0.1, 0.15) is 40.4 Å². The minimum Gasteiger partial charge on any atom is -0.482 e. The van der Waals surface area contributed by atoms with Crippen LogP contribution in [0.4, 0.5) is 5.69 Å². The smallest absolute Gasteiger partial charge is 0.262 e. The van der Waals surface area contributed by atoms with E-state index in [4.69, 9.17) is 16.3 Å². The predicted molar refractivity (Wildman–Crippen MR) is 116 cm³/mol. The maximum atomic E-state index is 13.0. The number of nitrogens with one attached hydrogen (secondary N) is 2. The topological polar surface area (TPSA) is 74.4 Å². The number of fused-ring (bicyclic) bond motifs is 2. The summed E-state index contributed by atoms with van der Waals surface area (Å²) in [6.07, 6.45) is 1.80. The van der Waals surface area contributed by atoms with E-state index in [1.165, 1.54) is 16.6 Å². The summed E-state index contributed by atoms with van der Waals surface area (Å²) in [5, 5.41) is 4.67. The van der Waals surface area contributed by atoms with E-state index in [0.717, 1.165) is 23.4 Å². The van der Waals surface area contributed by atoms with Gasteiger partial charge >= 0.3 is 0 Å². The van der Waals surface area contributed by atoms with Crippen LogP contribution in [0.3, 0.4) is 0 Å². The largest absolute Gasteiger partial charge is 0.482 e. The average molecular weight is 424 g/mol. The third-order valence-corrected chi connectivity index (χ3v) is 6.28. The maximum Gasteiger partial charge on any atom is 0.262 e. The van der Waals surface area contributed by atoms with Gasteiger partial charge in [-0.05, 0) is 67.6 Å². The zero-order chi connectivity index (χ0) is 20.8. The van der Waals surface area contributed by atoms with Crippen molar-refractivity contribution in [2.24, 2.45) is 0 Å². The molecule has 0 radical (unpaired) electrons. The number of hydrogen-bond donors (Lipinski definition) is 2. The predicted octanol–water partition coefficient (Wildman–Crippen LogP) is 4.48. The van der Waals surface area contributed by atoms with Crippen LogP contribution < -0.4 is 10.1 Å². The number of nitrogens with zero attached hydrogens (tertiary/aromatic N) is 1. The summed E-state index contributed by atoms with van der Waals surface area (Å²) in [6.45, 7) is 3.49. The Labute approximate surface area is 179 Å². The summed E-state index contributed by atoms with van der Waals surface area (Å²) >= 11 is 6.23. The Morgan fingerprint density at radius 1 is 1.17 bits per heavy atom. The number of aromatic amines is 1. The van der Waals surface area contributed by atoms with Crippen molar-refractivity contribution >= 4 is 40.0 Å². The molecule has 2 aliphatic rings. The molecule has 0 unspecified atom stereocenters. The second kappa shape index (κ2) is 7.36. The molecule has 0 aliphatic carbocycles. The van der Waals surface area contributed by atoms with Gasteiger partial charge in [0.2, 0.25) is 0 Å². The number of halogens is 1. The van der Waals surface area contributed by atoms with Gasteiger partial charge in [0.05, 0.1) is 5.69 Å². The number of amides is 2. The number of likely N-dealkylation sites (tertiary alicyclic amines) is 1. The maximum absolute atomic E-state index is 13.0. The van der Waals surface area contributed by atoms with Gasteiger partial charge in [-0.2, -0.15) is 0 Å². The minimum absolute atomic E-state index is 0.00622. The van der Waals surface area contributed by atoms with Crippen molar-refractivity contribution in [3.05, 3.63) is 58.2 Å². The van der Waals surface area contributed by atoms with E-state index in [1.807, 2.05) is 23.1 Å². The molecule has 3 aromatic rings. The summed E-state index contributed by atoms with van der Waals surface area (Å²) in [5.74, 6) is 0.757. The molecule has 7 heteroatoms. The van der Waals surface area contributed by atoms with Crippen molar-refractivity contribution in [3.8, 4) is 5.75 Å². The third kappa shape index (κ3) is 3.31. The molecule has 6 nitrogen and oxygen atoms in total. The van der Waals surface area contributed by atoms with E-state index in [-0.39, 0.29) is 18.4 Å². The summed E-state index contributed by atoms with van der Waals surface area (Å²) in [4.78, 5) is 29.9. The lowest BCUT2D eigenvalue weighted by atomic mass is 9.87. The summed E-state index contributed by atoms with van der Waals surface area (Å²) < 4.78 is 5.38. The molecule has 2 amide bonds. The molecule has 0 atom stereocenters. The number of benzene rings is 2. The molecule has 0 saturated carbocycles. The van der Waals surface area contributed by atoms with Crippen LogP contribution in [-0.2, 0) is 4.79 Å². The number of aryl methyl sites for hydroxylation is 1. The highest BCUT2D eigenvalue weighted by molar-refractivity contribution is 6.31. The molecular formula is C23H22ClN3O3. The van der Waals surface area contributed by atoms with Crippen molar-refractivity contribution in [1.29, 1.82) is 0 Å². The van der Waals surface area contributed by atoms with Gasteiger partial charge in [0.25, 0.3) is 11.8 Å². The number of piperidine rings is 1. The first kappa shape index (κ1) is 19.0. The first-order chi connectivity index (χ1) is 14.5. The Balaban J connectivity index is 1.32. The van der Waals surface area contributed by atoms with Gasteiger partial charge in [0.15, 0.2) is 6.61 Å². The number of rotatable bonds is 2. The third-order valence-electron chi connectivity index (χ3n) is 6.05. The number of anilines is 1. The number of ether oxygens (including phenoxy) is 1. The Bertz CT molecular complexity index is 1160. The van der Waals surface area contributed by atoms with E-state index in [2.05, 4.69) is 17.2 Å². The Morgan fingerprint density at radius 3 is 2.77 bits per heavy atom. The van der Waals surface area contributed by atoms with Crippen LogP contribution >= 0.6 is 11.6 Å². The SMILES string of the molecule is Cc1[nH]c2ccc(Cl)cc2c1C1CCN(C(=O)c2ccc3c(c2)NC(=O)CO3)CC1. The molecule has 1 fully saturated rings. The molecule has 2 N–H and O–H groups in total.